The number of rotatable bonds is 23. The number of benzene rings is 3. The van der Waals surface area contributed by atoms with Gasteiger partial charge in [0.25, 0.3) is 5.69 Å². The minimum absolute atomic E-state index is 0. The van der Waals surface area contributed by atoms with Crippen LogP contribution in [0, 0.1) is 10.1 Å². The summed E-state index contributed by atoms with van der Waals surface area (Å²) >= 11 is 3.25. The minimum atomic E-state index is -5.53. The first-order valence-corrected chi connectivity index (χ1v) is 38.2. The van der Waals surface area contributed by atoms with Crippen molar-refractivity contribution in [2.45, 2.75) is 169 Å². The summed E-state index contributed by atoms with van der Waals surface area (Å²) in [5.74, 6) is -34.2. The van der Waals surface area contributed by atoms with Crippen LogP contribution in [0.2, 0.25) is 0 Å². The maximum Gasteiger partial charge on any atom is 0.416 e. The average molecular weight is 1760 g/mol. The highest BCUT2D eigenvalue weighted by molar-refractivity contribution is 9.08. The molecule has 3 aromatic rings. The van der Waals surface area contributed by atoms with E-state index in [1.54, 1.807) is 21.9 Å². The Morgan fingerprint density at radius 3 is 0.966 bits per heavy atom. The summed E-state index contributed by atoms with van der Waals surface area (Å²) in [4.78, 5) is 139. The first-order valence-electron chi connectivity index (χ1n) is 37.1. The predicted molar refractivity (Wildman–Crippen MR) is 424 cm³/mol. The molecule has 0 amide bonds. The molecule has 40 heteroatoms. The number of cyclic esters (lactones) is 2. The van der Waals surface area contributed by atoms with E-state index < -0.39 is 93.1 Å². The fourth-order valence-electron chi connectivity index (χ4n) is 11.0. The number of carbonyl (C=O) groups excluding carboxylic acids is 7. The van der Waals surface area contributed by atoms with Crippen LogP contribution in [-0.4, -0.2) is 322 Å². The molecule has 0 bridgehead atoms. The molecule has 7 rings (SSSR count). The number of halogens is 9. The Morgan fingerprint density at radius 1 is 0.449 bits per heavy atom. The predicted octanol–water partition coefficient (Wildman–Crippen LogP) is 8.09. The third-order valence-electron chi connectivity index (χ3n) is 16.7. The van der Waals surface area contributed by atoms with E-state index in [9.17, 15) is 93.2 Å². The second-order valence-corrected chi connectivity index (χ2v) is 32.1. The molecule has 118 heavy (non-hydrogen) atoms. The second-order valence-electron chi connectivity index (χ2n) is 31.6. The van der Waals surface area contributed by atoms with Gasteiger partial charge in [0.2, 0.25) is 5.78 Å². The normalized spacial score (nSPS) is 17.5. The Labute approximate surface area is 692 Å². The molecule has 0 spiro atoms. The Balaban J connectivity index is 0.000000782. The summed E-state index contributed by atoms with van der Waals surface area (Å²) < 4.78 is 126. The molecule has 0 aromatic heterocycles. The molecule has 0 unspecified atom stereocenters. The standard InChI is InChI=1S/C25H42N4O4.C22H27F4N3O7.C18H35N3O4.C7H6BrNO2.C4F4O3.2CH4/c1-24(2,3)32-22(30)18-28-13-11-27(17-20-7-9-21(26)10-8-20)12-14-29(16-15-28)19-23(31)33-25(4,5)6;23-21(24,22(25,26)20(35)36)17(30)11-15-1-3-16(4-2-15)12-27-5-7-28(13-18(31)32)9-10-29(8-6-27)14-19(33)34;1-17(2,3)24-15(22)13-20-9-7-19-8-10-21(12-11-20)14-16(23)25-18(4,5)6;8-5-6-1-3-7(4-2-6)9(10)11;5-3(6)1(9)11-2(10)4(3,7)8;;/h7-10H,11-19,26H2,1-6H3;1-4H,5-14H2,(H,31,32)(H,33,34)(H,35,36);19H,7-14H2,1-6H3;1-4H,5H2;;2*1H4. The van der Waals surface area contributed by atoms with Crippen molar-refractivity contribution in [3.63, 3.8) is 0 Å². The molecule has 31 nitrogen and oxygen atoms in total. The Hall–Kier alpha value is -8.48. The molecule has 3 aromatic carbocycles. The summed E-state index contributed by atoms with van der Waals surface area (Å²) in [6, 6.07) is 20.0. The molecule has 4 aliphatic rings. The summed E-state index contributed by atoms with van der Waals surface area (Å²) in [6.07, 6.45) is -1.09. The highest BCUT2D eigenvalue weighted by Crippen LogP contribution is 2.41. The third kappa shape index (κ3) is 41.0. The van der Waals surface area contributed by atoms with Crippen molar-refractivity contribution in [1.82, 2.24) is 44.5 Å². The number of Topliss-reactive ketones (excluding diaryl/α,β-unsaturated/α-hetero) is 1. The number of nitro groups is 1. The summed E-state index contributed by atoms with van der Waals surface area (Å²) in [7, 11) is 0. The van der Waals surface area contributed by atoms with Gasteiger partial charge in [-0.3, -0.25) is 82.9 Å². The van der Waals surface area contributed by atoms with Crippen LogP contribution in [-0.2, 0) is 96.5 Å². The number of aliphatic carboxylic acids is 3. The number of alkyl halides is 9. The fraction of sp³-hybridized carbons (Fsp3) is 0.641. The lowest BCUT2D eigenvalue weighted by molar-refractivity contribution is -0.384. The zero-order valence-corrected chi connectivity index (χ0v) is 69.1. The molecule has 0 radical (unpaired) electrons. The number of carboxylic acids is 3. The summed E-state index contributed by atoms with van der Waals surface area (Å²) in [6.45, 7) is 35.7. The number of nitrogens with one attached hydrogen (secondary N) is 1. The van der Waals surface area contributed by atoms with Gasteiger partial charge in [-0.25, -0.2) is 14.4 Å². The zero-order chi connectivity index (χ0) is 88.0. The van der Waals surface area contributed by atoms with Crippen LogP contribution in [0.15, 0.2) is 72.8 Å². The van der Waals surface area contributed by atoms with Gasteiger partial charge in [0.05, 0.1) is 44.2 Å². The van der Waals surface area contributed by atoms with Crippen molar-refractivity contribution >= 4 is 86.8 Å². The number of ether oxygens (including phenoxy) is 5. The number of carbonyl (C=O) groups is 10. The first-order chi connectivity index (χ1) is 53.5. The van der Waals surface area contributed by atoms with E-state index >= 15 is 0 Å². The second kappa shape index (κ2) is 48.7. The Bertz CT molecular complexity index is 3590. The fourth-order valence-corrected chi connectivity index (χ4v) is 11.4. The van der Waals surface area contributed by atoms with E-state index in [1.165, 1.54) is 42.0 Å². The highest BCUT2D eigenvalue weighted by atomic mass is 79.9. The Kier molecular flexibility index (Phi) is 44.4. The maximum atomic E-state index is 13.7. The summed E-state index contributed by atoms with van der Waals surface area (Å²) in [5.41, 5.74) is 7.63. The van der Waals surface area contributed by atoms with Crippen molar-refractivity contribution < 1.29 is 127 Å². The van der Waals surface area contributed by atoms with E-state index in [1.807, 2.05) is 112 Å². The third-order valence-corrected chi connectivity index (χ3v) is 17.4. The average Bonchev–Trinajstić information content (AvgIpc) is 1.58. The topological polar surface area (TPSA) is 385 Å². The van der Waals surface area contributed by atoms with Crippen LogP contribution in [0.25, 0.3) is 0 Å². The smallest absolute Gasteiger partial charge is 0.416 e. The van der Waals surface area contributed by atoms with Gasteiger partial charge in [-0.2, -0.15) is 35.1 Å². The number of non-ortho nitro benzene ring substituents is 1. The number of hydrogen-bond acceptors (Lipinski definition) is 27. The van der Waals surface area contributed by atoms with E-state index in [0.29, 0.717) is 77.6 Å². The molecular formula is C78H118BrF8N11O20. The molecule has 4 aliphatic heterocycles. The number of hydrogen-bond donors (Lipinski definition) is 5. The number of nitrogen functional groups attached to an aromatic ring is 1. The van der Waals surface area contributed by atoms with Crippen LogP contribution >= 0.6 is 15.9 Å². The molecular weight excluding hydrogens is 1640 g/mol. The lowest BCUT2D eigenvalue weighted by Crippen LogP contribution is -2.52. The molecule has 4 fully saturated rings. The molecule has 4 saturated heterocycles. The number of esters is 6. The van der Waals surface area contributed by atoms with Crippen molar-refractivity contribution in [3.8, 4) is 0 Å². The Morgan fingerprint density at radius 2 is 0.712 bits per heavy atom. The lowest BCUT2D eigenvalue weighted by Gasteiger charge is -2.27. The largest absolute Gasteiger partial charge is 0.480 e. The van der Waals surface area contributed by atoms with Crippen molar-refractivity contribution in [1.29, 1.82) is 0 Å². The summed E-state index contributed by atoms with van der Waals surface area (Å²) in [5, 5.41) is 40.8. The van der Waals surface area contributed by atoms with Gasteiger partial charge in [-0.05, 0) is 117 Å². The number of carboxylic acid groups (broad SMARTS) is 3. The number of nitrogens with zero attached hydrogens (tertiary/aromatic N) is 9. The van der Waals surface area contributed by atoms with Crippen LogP contribution in [0.4, 0.5) is 46.5 Å². The van der Waals surface area contributed by atoms with E-state index in [-0.39, 0.29) is 89.2 Å². The first kappa shape index (κ1) is 108. The van der Waals surface area contributed by atoms with E-state index in [4.69, 9.17) is 40.0 Å². The minimum Gasteiger partial charge on any atom is -0.480 e. The van der Waals surface area contributed by atoms with Crippen molar-refractivity contribution in [2.24, 2.45) is 0 Å². The zero-order valence-electron chi connectivity index (χ0n) is 67.5. The van der Waals surface area contributed by atoms with Crippen LogP contribution in [0.5, 0.6) is 0 Å². The van der Waals surface area contributed by atoms with Gasteiger partial charge in [0.1, 0.15) is 22.4 Å². The van der Waals surface area contributed by atoms with E-state index in [2.05, 4.69) is 50.5 Å². The number of nitro benzene ring substituents is 1. The van der Waals surface area contributed by atoms with Crippen molar-refractivity contribution in [2.75, 3.05) is 163 Å². The molecule has 4 heterocycles. The van der Waals surface area contributed by atoms with Crippen molar-refractivity contribution in [3.05, 3.63) is 105 Å². The molecule has 6 N–H and O–H groups in total. The molecule has 0 atom stereocenters. The van der Waals surface area contributed by atoms with Gasteiger partial charge in [0, 0.05) is 160 Å². The molecule has 0 saturated carbocycles. The van der Waals surface area contributed by atoms with Crippen LogP contribution in [0.3, 0.4) is 0 Å². The van der Waals surface area contributed by atoms with Gasteiger partial charge in [-0.15, -0.1) is 0 Å². The molecule has 668 valence electrons. The van der Waals surface area contributed by atoms with Crippen LogP contribution in [0.1, 0.15) is 120 Å². The molecule has 0 aliphatic carbocycles. The highest BCUT2D eigenvalue weighted by Gasteiger charge is 2.75. The monoisotopic (exact) mass is 1760 g/mol. The van der Waals surface area contributed by atoms with Crippen LogP contribution < -0.4 is 11.1 Å². The van der Waals surface area contributed by atoms with Gasteiger partial charge >= 0.3 is 77.4 Å². The maximum absolute atomic E-state index is 13.7. The lowest BCUT2D eigenvalue weighted by atomic mass is 9.99. The van der Waals surface area contributed by atoms with Gasteiger partial charge < -0.3 is 50.1 Å². The quantitative estimate of drug-likeness (QED) is 0.00874. The number of ketones is 1. The number of anilines is 1. The SMILES string of the molecule is C.C.CC(C)(C)OC(=O)CN1CCN(CC(=O)OC(C)(C)C)CCN(Cc2ccc(N)cc2)CC1.CC(C)(C)OC(=O)CN1CCNCCN(CC(=O)OC(C)(C)C)CC1.O=C(O)CN1CCN(CC(=O)O)CCN(Cc2ccc(CC(=O)C(F)(F)C(F)(F)C(=O)O)cc2)CC1.O=C1OC(=O)C(F)(F)C1(F)F.O=[N+]([O-])c1ccc(CBr)cc1. The van der Waals surface area contributed by atoms with Gasteiger partial charge in [0.15, 0.2) is 0 Å². The van der Waals surface area contributed by atoms with E-state index in [0.717, 1.165) is 75.5 Å². The number of nitrogens with two attached hydrogens (primary N) is 1. The van der Waals surface area contributed by atoms with Gasteiger partial charge in [-0.1, -0.05) is 79.3 Å².